The molecule has 10 heteroatoms. The van der Waals surface area contributed by atoms with Crippen LogP contribution in [0.25, 0.3) is 12.2 Å². The molecule has 0 aliphatic carbocycles. The number of anilines is 2. The summed E-state index contributed by atoms with van der Waals surface area (Å²) in [4.78, 5) is 54.6. The van der Waals surface area contributed by atoms with Crippen molar-refractivity contribution in [2.45, 2.75) is 51.0 Å². The molecule has 2 aliphatic rings. The van der Waals surface area contributed by atoms with Gasteiger partial charge in [-0.15, -0.1) is 0 Å². The maximum atomic E-state index is 13.1. The van der Waals surface area contributed by atoms with Crippen molar-refractivity contribution in [3.8, 4) is 0 Å². The first-order valence-electron chi connectivity index (χ1n) is 16.9. The Morgan fingerprint density at radius 1 is 0.560 bits per heavy atom. The third kappa shape index (κ3) is 8.96. The van der Waals surface area contributed by atoms with Crippen LogP contribution < -0.4 is 10.6 Å². The van der Waals surface area contributed by atoms with Crippen molar-refractivity contribution in [1.82, 2.24) is 9.80 Å². The summed E-state index contributed by atoms with van der Waals surface area (Å²) in [5.74, 6) is -0.475. The van der Waals surface area contributed by atoms with E-state index in [1.165, 1.54) is 9.80 Å². The molecule has 4 amide bonds. The lowest BCUT2D eigenvalue weighted by atomic mass is 10.1. The minimum atomic E-state index is -0.580. The molecule has 50 heavy (non-hydrogen) atoms. The third-order valence-electron chi connectivity index (χ3n) is 8.81. The van der Waals surface area contributed by atoms with Crippen molar-refractivity contribution in [3.63, 3.8) is 0 Å². The van der Waals surface area contributed by atoms with Gasteiger partial charge in [0.2, 0.25) is 11.8 Å². The number of hydrogen-bond donors (Lipinski definition) is 2. The maximum absolute atomic E-state index is 13.1. The largest absolute Gasteiger partial charge is 0.445 e. The SMILES string of the molecule is O=C(Nc1ccc(/C=C/c2ccc(NC(=O)[C@@H]3CCCN3C(=O)OCc3ccccc3)cc2)cc1)[C@@H]1CCCN1C(=O)OCc1ccccc1. The van der Waals surface area contributed by atoms with Crippen LogP contribution in [0.15, 0.2) is 109 Å². The highest BCUT2D eigenvalue weighted by atomic mass is 16.6. The van der Waals surface area contributed by atoms with E-state index in [0.717, 1.165) is 35.1 Å². The zero-order valence-electron chi connectivity index (χ0n) is 27.7. The van der Waals surface area contributed by atoms with E-state index in [4.69, 9.17) is 9.47 Å². The smallest absolute Gasteiger partial charge is 0.410 e. The molecule has 6 rings (SSSR count). The van der Waals surface area contributed by atoms with Crippen LogP contribution in [0.3, 0.4) is 0 Å². The number of hydrogen-bond acceptors (Lipinski definition) is 6. The normalized spacial score (nSPS) is 17.0. The molecule has 0 bridgehead atoms. The Morgan fingerprint density at radius 3 is 1.32 bits per heavy atom. The summed E-state index contributed by atoms with van der Waals surface area (Å²) in [5, 5.41) is 5.86. The average molecular weight is 673 g/mol. The number of nitrogens with one attached hydrogen (secondary N) is 2. The summed E-state index contributed by atoms with van der Waals surface area (Å²) in [7, 11) is 0. The summed E-state index contributed by atoms with van der Waals surface area (Å²) in [6.07, 6.45) is 5.58. The molecular weight excluding hydrogens is 632 g/mol. The van der Waals surface area contributed by atoms with E-state index >= 15 is 0 Å². The zero-order chi connectivity index (χ0) is 34.7. The van der Waals surface area contributed by atoms with Crippen molar-refractivity contribution >= 4 is 47.5 Å². The molecule has 0 radical (unpaired) electrons. The first kappa shape index (κ1) is 34.0. The van der Waals surface area contributed by atoms with E-state index in [1.54, 1.807) is 0 Å². The van der Waals surface area contributed by atoms with Gasteiger partial charge in [0.25, 0.3) is 0 Å². The van der Waals surface area contributed by atoms with E-state index in [-0.39, 0.29) is 25.0 Å². The van der Waals surface area contributed by atoms with Gasteiger partial charge in [0.05, 0.1) is 0 Å². The molecule has 0 unspecified atom stereocenters. The Morgan fingerprint density at radius 2 is 0.940 bits per heavy atom. The van der Waals surface area contributed by atoms with Gasteiger partial charge in [-0.1, -0.05) is 97.1 Å². The van der Waals surface area contributed by atoms with E-state index in [9.17, 15) is 19.2 Å². The lowest BCUT2D eigenvalue weighted by molar-refractivity contribution is -0.120. The highest BCUT2D eigenvalue weighted by Crippen LogP contribution is 2.23. The molecule has 2 atom stereocenters. The predicted molar refractivity (Wildman–Crippen MR) is 192 cm³/mol. The van der Waals surface area contributed by atoms with Crippen LogP contribution in [0.2, 0.25) is 0 Å². The van der Waals surface area contributed by atoms with Gasteiger partial charge in [-0.3, -0.25) is 19.4 Å². The quantitative estimate of drug-likeness (QED) is 0.170. The Kier molecular flexibility index (Phi) is 11.2. The van der Waals surface area contributed by atoms with Crippen molar-refractivity contribution < 1.29 is 28.7 Å². The van der Waals surface area contributed by atoms with Crippen LogP contribution in [0, 0.1) is 0 Å². The number of ether oxygens (including phenoxy) is 2. The van der Waals surface area contributed by atoms with Gasteiger partial charge in [-0.25, -0.2) is 9.59 Å². The summed E-state index contributed by atoms with van der Waals surface area (Å²) in [5.41, 5.74) is 4.94. The molecule has 2 saturated heterocycles. The highest BCUT2D eigenvalue weighted by molar-refractivity contribution is 5.97. The van der Waals surface area contributed by atoms with Crippen molar-refractivity contribution in [2.75, 3.05) is 23.7 Å². The summed E-state index contributed by atoms with van der Waals surface area (Å²) in [6, 6.07) is 32.7. The van der Waals surface area contributed by atoms with Gasteiger partial charge in [0.1, 0.15) is 25.3 Å². The number of amides is 4. The summed E-state index contributed by atoms with van der Waals surface area (Å²) in [6.45, 7) is 1.28. The molecule has 2 fully saturated rings. The molecule has 4 aromatic carbocycles. The van der Waals surface area contributed by atoms with Crippen LogP contribution in [-0.2, 0) is 32.3 Å². The third-order valence-corrected chi connectivity index (χ3v) is 8.81. The summed E-state index contributed by atoms with van der Waals surface area (Å²) >= 11 is 0. The fraction of sp³-hybridized carbons (Fsp3) is 0.250. The Bertz CT molecular complexity index is 1660. The van der Waals surface area contributed by atoms with Crippen LogP contribution in [0.5, 0.6) is 0 Å². The average Bonchev–Trinajstić information content (AvgIpc) is 3.86. The number of carbonyl (C=O) groups is 4. The van der Waals surface area contributed by atoms with Gasteiger partial charge in [-0.2, -0.15) is 0 Å². The number of carbonyl (C=O) groups excluding carboxylic acids is 4. The topological polar surface area (TPSA) is 117 Å². The second-order valence-corrected chi connectivity index (χ2v) is 12.3. The number of benzene rings is 4. The van der Waals surface area contributed by atoms with E-state index in [2.05, 4.69) is 10.6 Å². The lowest BCUT2D eigenvalue weighted by Crippen LogP contribution is -2.43. The fourth-order valence-corrected chi connectivity index (χ4v) is 6.12. The standard InChI is InChI=1S/C40H40N4O6/c45-37(35-13-7-25-43(35)39(47)49-27-31-9-3-1-4-10-31)41-33-21-17-29(18-22-33)15-16-30-19-23-34(24-20-30)42-38(46)36-14-8-26-44(36)40(48)50-28-32-11-5-2-6-12-32/h1-6,9-12,15-24,35-36H,7-8,13-14,25-28H2,(H,41,45)(H,42,46)/b16-15+/t35-,36-/m0/s1. The maximum Gasteiger partial charge on any atom is 0.410 e. The zero-order valence-corrected chi connectivity index (χ0v) is 27.7. The summed E-state index contributed by atoms with van der Waals surface area (Å²) < 4.78 is 10.9. The van der Waals surface area contributed by atoms with E-state index < -0.39 is 24.3 Å². The van der Waals surface area contributed by atoms with Gasteiger partial charge >= 0.3 is 12.2 Å². The number of rotatable bonds is 10. The minimum Gasteiger partial charge on any atom is -0.445 e. The Labute approximate surface area is 291 Å². The first-order valence-corrected chi connectivity index (χ1v) is 16.9. The van der Waals surface area contributed by atoms with Crippen LogP contribution in [-0.4, -0.2) is 59.0 Å². The van der Waals surface area contributed by atoms with Gasteiger partial charge < -0.3 is 20.1 Å². The van der Waals surface area contributed by atoms with Crippen molar-refractivity contribution in [2.24, 2.45) is 0 Å². The van der Waals surface area contributed by atoms with Crippen LogP contribution >= 0.6 is 0 Å². The molecule has 2 aliphatic heterocycles. The molecule has 2 heterocycles. The Balaban J connectivity index is 0.961. The van der Waals surface area contributed by atoms with Gasteiger partial charge in [0.15, 0.2) is 0 Å². The molecule has 0 spiro atoms. The molecule has 4 aromatic rings. The lowest BCUT2D eigenvalue weighted by Gasteiger charge is -2.23. The first-order chi connectivity index (χ1) is 24.4. The molecule has 2 N–H and O–H groups in total. The molecule has 0 saturated carbocycles. The van der Waals surface area contributed by atoms with Crippen LogP contribution in [0.4, 0.5) is 21.0 Å². The minimum absolute atomic E-state index is 0.162. The highest BCUT2D eigenvalue weighted by Gasteiger charge is 2.36. The molecule has 10 nitrogen and oxygen atoms in total. The van der Waals surface area contributed by atoms with Crippen LogP contribution in [0.1, 0.15) is 47.9 Å². The monoisotopic (exact) mass is 672 g/mol. The molecule has 256 valence electrons. The van der Waals surface area contributed by atoms with Gasteiger partial charge in [0, 0.05) is 24.5 Å². The second-order valence-electron chi connectivity index (χ2n) is 12.3. The fourth-order valence-electron chi connectivity index (χ4n) is 6.12. The molecule has 0 aromatic heterocycles. The van der Waals surface area contributed by atoms with Gasteiger partial charge in [-0.05, 0) is 72.2 Å². The van der Waals surface area contributed by atoms with Crippen molar-refractivity contribution in [3.05, 3.63) is 131 Å². The molecular formula is C40H40N4O6. The van der Waals surface area contributed by atoms with Crippen molar-refractivity contribution in [1.29, 1.82) is 0 Å². The van der Waals surface area contributed by atoms with E-state index in [1.807, 2.05) is 121 Å². The number of likely N-dealkylation sites (tertiary alicyclic amines) is 2. The number of nitrogens with zero attached hydrogens (tertiary/aromatic N) is 2. The predicted octanol–water partition coefficient (Wildman–Crippen LogP) is 7.34. The van der Waals surface area contributed by atoms with E-state index in [0.29, 0.717) is 37.3 Å². The second kappa shape index (κ2) is 16.5. The Hall–Kier alpha value is -5.90.